The summed E-state index contributed by atoms with van der Waals surface area (Å²) in [5.41, 5.74) is 0.260. The van der Waals surface area contributed by atoms with Crippen LogP contribution in [0.2, 0.25) is 0 Å². The first-order valence-corrected chi connectivity index (χ1v) is 8.73. The number of nitrogens with one attached hydrogen (secondary N) is 2. The third-order valence-electron chi connectivity index (χ3n) is 4.60. The van der Waals surface area contributed by atoms with Gasteiger partial charge in [-0.15, -0.1) is 24.0 Å². The number of carbonyl (C=O) groups is 2. The van der Waals surface area contributed by atoms with Crippen molar-refractivity contribution in [3.8, 4) is 0 Å². The number of anilines is 1. The number of nitrogens with zero attached hydrogens (tertiary/aromatic N) is 4. The molecule has 0 unspecified atom stereocenters. The zero-order chi connectivity index (χ0) is 19.4. The average Bonchev–Trinajstić information content (AvgIpc) is 2.99. The van der Waals surface area contributed by atoms with Crippen LogP contribution in [0.15, 0.2) is 23.2 Å². The fraction of sp³-hybridized carbons (Fsp3) is 0.471. The van der Waals surface area contributed by atoms with E-state index in [-0.39, 0.29) is 54.7 Å². The summed E-state index contributed by atoms with van der Waals surface area (Å²) in [5.74, 6) is -0.517. The molecule has 0 aliphatic carbocycles. The molecule has 3 amide bonds. The van der Waals surface area contributed by atoms with Gasteiger partial charge in [-0.25, -0.2) is 13.6 Å². The molecule has 2 N–H and O–H groups in total. The number of guanidine groups is 1. The number of hydrogen-bond donors (Lipinski definition) is 2. The predicted molar refractivity (Wildman–Crippen MR) is 112 cm³/mol. The third-order valence-corrected chi connectivity index (χ3v) is 4.60. The van der Waals surface area contributed by atoms with Crippen LogP contribution in [0.1, 0.15) is 0 Å². The molecule has 2 fully saturated rings. The smallest absolute Gasteiger partial charge is 0.324 e. The molecule has 0 spiro atoms. The van der Waals surface area contributed by atoms with E-state index >= 15 is 0 Å². The Labute approximate surface area is 179 Å². The maximum absolute atomic E-state index is 13.9. The number of benzene rings is 1. The van der Waals surface area contributed by atoms with E-state index in [0.29, 0.717) is 38.7 Å². The van der Waals surface area contributed by atoms with Gasteiger partial charge in [0.2, 0.25) is 5.91 Å². The van der Waals surface area contributed by atoms with Crippen molar-refractivity contribution in [1.29, 1.82) is 0 Å². The first-order chi connectivity index (χ1) is 13.0. The van der Waals surface area contributed by atoms with Crippen LogP contribution in [0.4, 0.5) is 19.3 Å². The largest absolute Gasteiger partial charge is 0.366 e. The standard InChI is InChI=1S/C17H22F2N6O2.HI/c1-20-16(21-4-5-25-15(26)11-22-17(25)27)24-8-6-23(7-9-24)14-10-12(18)2-3-13(14)19;/h2-3,10H,4-9,11H2,1H3,(H,20,21)(H,22,27);1H. The molecule has 2 aliphatic rings. The van der Waals surface area contributed by atoms with Gasteiger partial charge in [-0.1, -0.05) is 0 Å². The van der Waals surface area contributed by atoms with Gasteiger partial charge in [0.25, 0.3) is 0 Å². The Morgan fingerprint density at radius 2 is 1.93 bits per heavy atom. The SMILES string of the molecule is CN=C(NCCN1C(=O)CNC1=O)N1CCN(c2cc(F)ccc2F)CC1.I. The summed E-state index contributed by atoms with van der Waals surface area (Å²) in [6.45, 7) is 2.87. The highest BCUT2D eigenvalue weighted by atomic mass is 127. The summed E-state index contributed by atoms with van der Waals surface area (Å²) in [5, 5.41) is 5.60. The van der Waals surface area contributed by atoms with Gasteiger partial charge in [-0.05, 0) is 12.1 Å². The second-order valence-electron chi connectivity index (χ2n) is 6.25. The van der Waals surface area contributed by atoms with Crippen LogP contribution in [0.3, 0.4) is 0 Å². The van der Waals surface area contributed by atoms with Crippen LogP contribution >= 0.6 is 24.0 Å². The molecule has 8 nitrogen and oxygen atoms in total. The molecule has 11 heteroatoms. The molecule has 2 saturated heterocycles. The molecule has 154 valence electrons. The van der Waals surface area contributed by atoms with Gasteiger partial charge >= 0.3 is 6.03 Å². The number of imide groups is 1. The normalized spacial score (nSPS) is 17.5. The number of halogens is 3. The van der Waals surface area contributed by atoms with Crippen molar-refractivity contribution in [2.45, 2.75) is 0 Å². The summed E-state index contributed by atoms with van der Waals surface area (Å²) < 4.78 is 27.3. The van der Waals surface area contributed by atoms with Crippen LogP contribution in [-0.2, 0) is 4.79 Å². The highest BCUT2D eigenvalue weighted by molar-refractivity contribution is 14.0. The number of piperazine rings is 1. The van der Waals surface area contributed by atoms with Gasteiger partial charge in [-0.2, -0.15) is 0 Å². The number of hydrogen-bond acceptors (Lipinski definition) is 4. The van der Waals surface area contributed by atoms with Gasteiger partial charge in [0.1, 0.15) is 11.6 Å². The van der Waals surface area contributed by atoms with E-state index in [9.17, 15) is 18.4 Å². The molecular formula is C17H23F2IN6O2. The second-order valence-corrected chi connectivity index (χ2v) is 6.25. The Bertz CT molecular complexity index is 739. The van der Waals surface area contributed by atoms with Crippen LogP contribution in [-0.4, -0.2) is 80.6 Å². The van der Waals surface area contributed by atoms with Gasteiger partial charge < -0.3 is 20.4 Å². The second kappa shape index (κ2) is 9.85. The topological polar surface area (TPSA) is 80.3 Å². The fourth-order valence-corrected chi connectivity index (χ4v) is 3.18. The number of amides is 3. The molecular weight excluding hydrogens is 485 g/mol. The Kier molecular flexibility index (Phi) is 7.78. The molecule has 3 rings (SSSR count). The Hall–Kier alpha value is -2.18. The van der Waals surface area contributed by atoms with Gasteiger partial charge in [0.05, 0.1) is 12.2 Å². The molecule has 2 aliphatic heterocycles. The molecule has 0 bridgehead atoms. The number of urea groups is 1. The van der Waals surface area contributed by atoms with Crippen LogP contribution in [0.25, 0.3) is 0 Å². The zero-order valence-electron chi connectivity index (χ0n) is 15.5. The number of carbonyl (C=O) groups excluding carboxylic acids is 2. The molecule has 0 atom stereocenters. The van der Waals surface area contributed by atoms with E-state index in [1.807, 2.05) is 4.90 Å². The number of rotatable bonds is 4. The van der Waals surface area contributed by atoms with Crippen molar-refractivity contribution in [3.05, 3.63) is 29.8 Å². The van der Waals surface area contributed by atoms with Crippen molar-refractivity contribution in [3.63, 3.8) is 0 Å². The first-order valence-electron chi connectivity index (χ1n) is 8.73. The summed E-state index contributed by atoms with van der Waals surface area (Å²) in [6, 6.07) is 3.05. The molecule has 0 radical (unpaired) electrons. The third kappa shape index (κ3) is 5.00. The molecule has 28 heavy (non-hydrogen) atoms. The molecule has 0 saturated carbocycles. The van der Waals surface area contributed by atoms with E-state index in [1.54, 1.807) is 11.9 Å². The minimum absolute atomic E-state index is 0. The Morgan fingerprint density at radius 3 is 2.54 bits per heavy atom. The molecule has 2 heterocycles. The van der Waals surface area contributed by atoms with Crippen molar-refractivity contribution in [2.75, 3.05) is 57.8 Å². The van der Waals surface area contributed by atoms with Crippen molar-refractivity contribution < 1.29 is 18.4 Å². The minimum atomic E-state index is -0.466. The monoisotopic (exact) mass is 508 g/mol. The van der Waals surface area contributed by atoms with Crippen molar-refractivity contribution >= 4 is 47.6 Å². The maximum Gasteiger partial charge on any atom is 0.324 e. The predicted octanol–water partition coefficient (Wildman–Crippen LogP) is 0.832. The zero-order valence-corrected chi connectivity index (χ0v) is 17.8. The van der Waals surface area contributed by atoms with Crippen molar-refractivity contribution in [2.24, 2.45) is 4.99 Å². The highest BCUT2D eigenvalue weighted by Crippen LogP contribution is 2.21. The van der Waals surface area contributed by atoms with E-state index < -0.39 is 11.6 Å². The lowest BCUT2D eigenvalue weighted by Crippen LogP contribution is -2.53. The van der Waals surface area contributed by atoms with Crippen LogP contribution in [0.5, 0.6) is 0 Å². The van der Waals surface area contributed by atoms with E-state index in [2.05, 4.69) is 15.6 Å². The lowest BCUT2D eigenvalue weighted by Gasteiger charge is -2.37. The van der Waals surface area contributed by atoms with Crippen LogP contribution in [0, 0.1) is 11.6 Å². The van der Waals surface area contributed by atoms with Gasteiger partial charge in [0, 0.05) is 52.4 Å². The summed E-state index contributed by atoms with van der Waals surface area (Å²) in [4.78, 5) is 32.3. The Balaban J connectivity index is 0.00000280. The summed E-state index contributed by atoms with van der Waals surface area (Å²) >= 11 is 0. The average molecular weight is 508 g/mol. The summed E-state index contributed by atoms with van der Waals surface area (Å²) in [6.07, 6.45) is 0. The fourth-order valence-electron chi connectivity index (χ4n) is 3.18. The summed E-state index contributed by atoms with van der Waals surface area (Å²) in [7, 11) is 1.65. The highest BCUT2D eigenvalue weighted by Gasteiger charge is 2.28. The molecule has 1 aromatic carbocycles. The first kappa shape index (κ1) is 22.1. The lowest BCUT2D eigenvalue weighted by molar-refractivity contribution is -0.124. The van der Waals surface area contributed by atoms with E-state index in [4.69, 9.17) is 0 Å². The van der Waals surface area contributed by atoms with E-state index in [0.717, 1.165) is 17.0 Å². The van der Waals surface area contributed by atoms with E-state index in [1.165, 1.54) is 6.07 Å². The van der Waals surface area contributed by atoms with Crippen molar-refractivity contribution in [1.82, 2.24) is 20.4 Å². The van der Waals surface area contributed by atoms with Gasteiger partial charge in [0.15, 0.2) is 5.96 Å². The molecule has 1 aromatic rings. The number of aliphatic imine (C=N–C) groups is 1. The maximum atomic E-state index is 13.9. The lowest BCUT2D eigenvalue weighted by atomic mass is 10.2. The minimum Gasteiger partial charge on any atom is -0.366 e. The Morgan fingerprint density at radius 1 is 1.21 bits per heavy atom. The van der Waals surface area contributed by atoms with Crippen LogP contribution < -0.4 is 15.5 Å². The van der Waals surface area contributed by atoms with Gasteiger partial charge in [-0.3, -0.25) is 14.7 Å². The molecule has 0 aromatic heterocycles. The quantitative estimate of drug-likeness (QED) is 0.273.